The molecule has 2 aliphatic rings. The summed E-state index contributed by atoms with van der Waals surface area (Å²) in [5.74, 6) is 0. The zero-order valence-corrected chi connectivity index (χ0v) is 12.5. The Morgan fingerprint density at radius 3 is 1.44 bits per heavy atom. The van der Waals surface area contributed by atoms with E-state index >= 15 is 0 Å². The van der Waals surface area contributed by atoms with Gasteiger partial charge in [-0.2, -0.15) is 0 Å². The van der Waals surface area contributed by atoms with Gasteiger partial charge in [-0.15, -0.1) is 0 Å². The van der Waals surface area contributed by atoms with Crippen molar-refractivity contribution in [2.45, 2.75) is 87.4 Å². The number of nitrogens with two attached hydrogens (primary N) is 2. The fourth-order valence-electron chi connectivity index (χ4n) is 4.02. The molecule has 0 spiro atoms. The van der Waals surface area contributed by atoms with E-state index in [1.54, 1.807) is 0 Å². The molecule has 2 aliphatic carbocycles. The quantitative estimate of drug-likeness (QED) is 0.773. The first kappa shape index (κ1) is 14.4. The van der Waals surface area contributed by atoms with Crippen LogP contribution in [0.5, 0.6) is 0 Å². The smallest absolute Gasteiger partial charge is 0.165 e. The van der Waals surface area contributed by atoms with Crippen molar-refractivity contribution in [2.75, 3.05) is 0 Å². The third-order valence-corrected chi connectivity index (χ3v) is 6.87. The van der Waals surface area contributed by atoms with Crippen LogP contribution in [0.4, 0.5) is 0 Å². The van der Waals surface area contributed by atoms with Gasteiger partial charge in [-0.25, -0.2) is 0 Å². The minimum absolute atomic E-state index is 0.144. The van der Waals surface area contributed by atoms with E-state index in [1.165, 1.54) is 12.8 Å². The third kappa shape index (κ3) is 2.15. The molecule has 0 heterocycles. The highest BCUT2D eigenvalue weighted by Crippen LogP contribution is 2.52. The second-order valence-corrected chi connectivity index (χ2v) is 7.67. The van der Waals surface area contributed by atoms with Crippen molar-refractivity contribution in [3.8, 4) is 0 Å². The number of hydrogen-bond acceptors (Lipinski definition) is 3. The summed E-state index contributed by atoms with van der Waals surface area (Å²) in [7, 11) is 0.144. The lowest BCUT2D eigenvalue weighted by Crippen LogP contribution is -2.71. The summed E-state index contributed by atoms with van der Waals surface area (Å²) in [5.41, 5.74) is 12.7. The van der Waals surface area contributed by atoms with Crippen LogP contribution < -0.4 is 11.5 Å². The summed E-state index contributed by atoms with van der Waals surface area (Å²) in [4.78, 5) is 0. The molecule has 0 radical (unpaired) electrons. The van der Waals surface area contributed by atoms with Crippen LogP contribution in [-0.2, 0) is 4.57 Å². The van der Waals surface area contributed by atoms with Gasteiger partial charge in [0.2, 0.25) is 0 Å². The Morgan fingerprint density at radius 1 is 0.833 bits per heavy atom. The predicted octanol–water partition coefficient (Wildman–Crippen LogP) is 3.36. The van der Waals surface area contributed by atoms with Crippen LogP contribution in [0.15, 0.2) is 0 Å². The molecule has 0 aliphatic heterocycles. The fraction of sp³-hybridized carbons (Fsp3) is 1.00. The lowest BCUT2D eigenvalue weighted by molar-refractivity contribution is 0.123. The number of hydrogen-bond donors (Lipinski definition) is 2. The Bertz CT molecular complexity index is 283. The van der Waals surface area contributed by atoms with Gasteiger partial charge in [0.25, 0.3) is 0 Å². The average molecular weight is 270 g/mol. The van der Waals surface area contributed by atoms with Crippen molar-refractivity contribution >= 4 is 8.46 Å². The Morgan fingerprint density at radius 2 is 1.17 bits per heavy atom. The van der Waals surface area contributed by atoms with E-state index in [2.05, 4.69) is 6.92 Å². The van der Waals surface area contributed by atoms with E-state index < -0.39 is 5.16 Å². The van der Waals surface area contributed by atoms with Crippen LogP contribution >= 0.6 is 8.46 Å². The Kier molecular flexibility index (Phi) is 4.16. The number of rotatable bonds is 3. The van der Waals surface area contributed by atoms with Crippen LogP contribution in [-0.4, -0.2) is 16.2 Å². The maximum Gasteiger partial charge on any atom is 0.165 e. The summed E-state index contributed by atoms with van der Waals surface area (Å²) in [6.45, 7) is 2.07. The van der Waals surface area contributed by atoms with Gasteiger partial charge >= 0.3 is 0 Å². The molecule has 0 aromatic carbocycles. The Labute approximate surface area is 112 Å². The predicted molar refractivity (Wildman–Crippen MR) is 76.0 cm³/mol. The van der Waals surface area contributed by atoms with Gasteiger partial charge in [0, 0.05) is 11.1 Å². The Hall–Kier alpha value is 0.0200. The van der Waals surface area contributed by atoms with Crippen molar-refractivity contribution in [3.63, 3.8) is 0 Å². The molecule has 2 rings (SSSR count). The first-order valence-corrected chi connectivity index (χ1v) is 8.21. The molecular formula is C14H27N2OP. The molecule has 0 aromatic rings. The highest BCUT2D eigenvalue weighted by atomic mass is 31.1. The van der Waals surface area contributed by atoms with Crippen molar-refractivity contribution in [1.82, 2.24) is 0 Å². The molecule has 0 amide bonds. The summed E-state index contributed by atoms with van der Waals surface area (Å²) >= 11 is 0. The topological polar surface area (TPSA) is 69.1 Å². The second kappa shape index (κ2) is 5.19. The summed E-state index contributed by atoms with van der Waals surface area (Å²) < 4.78 is 12.0. The van der Waals surface area contributed by atoms with Crippen LogP contribution in [0.2, 0.25) is 0 Å². The SMILES string of the molecule is CC(P=O)(C1(N)CCCCC1)C1(N)CCCCC1. The molecule has 4 heteroatoms. The summed E-state index contributed by atoms with van der Waals surface area (Å²) in [6.07, 6.45) is 11.0. The zero-order chi connectivity index (χ0) is 13.3. The lowest BCUT2D eigenvalue weighted by Gasteiger charge is -2.55. The van der Waals surface area contributed by atoms with Gasteiger partial charge in [-0.3, -0.25) is 4.57 Å². The molecule has 18 heavy (non-hydrogen) atoms. The van der Waals surface area contributed by atoms with Crippen LogP contribution in [0.25, 0.3) is 0 Å². The van der Waals surface area contributed by atoms with Crippen molar-refractivity contribution in [1.29, 1.82) is 0 Å². The standard InChI is InChI=1S/C14H27N2OP/c1-12(18-17,13(15)8-4-2-5-9-13)14(16)10-6-3-7-11-14/h2-11,15-16H2,1H3. The first-order chi connectivity index (χ1) is 8.47. The Balaban J connectivity index is 2.30. The molecule has 0 saturated heterocycles. The van der Waals surface area contributed by atoms with E-state index in [9.17, 15) is 4.57 Å². The molecule has 2 fully saturated rings. The van der Waals surface area contributed by atoms with E-state index in [0.29, 0.717) is 0 Å². The largest absolute Gasteiger partial charge is 0.324 e. The van der Waals surface area contributed by atoms with E-state index in [0.717, 1.165) is 51.4 Å². The van der Waals surface area contributed by atoms with Crippen molar-refractivity contribution in [2.24, 2.45) is 11.5 Å². The molecule has 0 unspecified atom stereocenters. The van der Waals surface area contributed by atoms with Crippen molar-refractivity contribution < 1.29 is 4.57 Å². The highest BCUT2D eigenvalue weighted by molar-refractivity contribution is 7.26. The van der Waals surface area contributed by atoms with Gasteiger partial charge in [-0.05, 0) is 32.6 Å². The normalized spacial score (nSPS) is 28.2. The lowest BCUT2D eigenvalue weighted by atomic mass is 9.61. The monoisotopic (exact) mass is 270 g/mol. The highest BCUT2D eigenvalue weighted by Gasteiger charge is 2.57. The molecule has 0 aromatic heterocycles. The molecule has 3 nitrogen and oxygen atoms in total. The molecular weight excluding hydrogens is 243 g/mol. The van der Waals surface area contributed by atoms with Gasteiger partial charge in [-0.1, -0.05) is 38.5 Å². The van der Waals surface area contributed by atoms with Crippen LogP contribution in [0.1, 0.15) is 71.1 Å². The molecule has 2 saturated carbocycles. The van der Waals surface area contributed by atoms with Crippen molar-refractivity contribution in [3.05, 3.63) is 0 Å². The van der Waals surface area contributed by atoms with Crippen LogP contribution in [0, 0.1) is 0 Å². The van der Waals surface area contributed by atoms with E-state index in [-0.39, 0.29) is 19.5 Å². The maximum atomic E-state index is 12.0. The molecule has 104 valence electrons. The van der Waals surface area contributed by atoms with Gasteiger partial charge in [0.05, 0.1) is 5.16 Å². The van der Waals surface area contributed by atoms with Crippen LogP contribution in [0.3, 0.4) is 0 Å². The maximum absolute atomic E-state index is 12.0. The first-order valence-electron chi connectivity index (χ1n) is 7.40. The summed E-state index contributed by atoms with van der Waals surface area (Å²) in [6, 6.07) is 0. The van der Waals surface area contributed by atoms with Gasteiger partial charge in [0.1, 0.15) is 0 Å². The fourth-order valence-corrected chi connectivity index (χ4v) is 4.83. The van der Waals surface area contributed by atoms with Gasteiger partial charge < -0.3 is 11.5 Å². The zero-order valence-electron chi connectivity index (χ0n) is 11.6. The van der Waals surface area contributed by atoms with Gasteiger partial charge in [0.15, 0.2) is 8.46 Å². The third-order valence-electron chi connectivity index (χ3n) is 5.61. The summed E-state index contributed by atoms with van der Waals surface area (Å²) in [5, 5.41) is -0.471. The minimum atomic E-state index is -0.471. The molecule has 4 N–H and O–H groups in total. The van der Waals surface area contributed by atoms with E-state index in [1.807, 2.05) is 0 Å². The molecule has 0 atom stereocenters. The minimum Gasteiger partial charge on any atom is -0.324 e. The average Bonchev–Trinajstić information content (AvgIpc) is 2.39. The second-order valence-electron chi connectivity index (χ2n) is 6.60. The molecule has 0 bridgehead atoms. The van der Waals surface area contributed by atoms with E-state index in [4.69, 9.17) is 11.5 Å².